The summed E-state index contributed by atoms with van der Waals surface area (Å²) in [6, 6.07) is -0.297. The van der Waals surface area contributed by atoms with E-state index in [2.05, 4.69) is 0 Å². The van der Waals surface area contributed by atoms with Crippen molar-refractivity contribution in [2.75, 3.05) is 13.1 Å². The Labute approximate surface area is 99.2 Å². The molecule has 3 heterocycles. The second kappa shape index (κ2) is 4.44. The monoisotopic (exact) mass is 245 g/mol. The molecule has 17 heavy (non-hydrogen) atoms. The van der Waals surface area contributed by atoms with E-state index in [1.807, 2.05) is 4.90 Å². The van der Waals surface area contributed by atoms with Crippen molar-refractivity contribution in [2.24, 2.45) is 5.92 Å². The predicted molar refractivity (Wildman–Crippen MR) is 58.0 cm³/mol. The van der Waals surface area contributed by atoms with E-state index in [0.29, 0.717) is 6.92 Å². The number of hydrogen-bond acceptors (Lipinski definition) is 3. The van der Waals surface area contributed by atoms with Gasteiger partial charge in [0.05, 0.1) is 6.04 Å². The highest BCUT2D eigenvalue weighted by Gasteiger charge is 2.41. The number of piperidine rings is 3. The molecule has 0 saturated carbocycles. The SMILES string of the molecule is CC(F)(F)C(=O)CCC1C(=O)C2CCN1CC2. The first-order valence-corrected chi connectivity index (χ1v) is 6.08. The third-order valence-electron chi connectivity index (χ3n) is 3.84. The summed E-state index contributed by atoms with van der Waals surface area (Å²) in [6.45, 7) is 2.33. The van der Waals surface area contributed by atoms with E-state index in [1.54, 1.807) is 0 Å². The van der Waals surface area contributed by atoms with Crippen LogP contribution in [0, 0.1) is 5.92 Å². The molecule has 3 nitrogen and oxygen atoms in total. The summed E-state index contributed by atoms with van der Waals surface area (Å²) in [4.78, 5) is 25.1. The van der Waals surface area contributed by atoms with Crippen LogP contribution in [0.5, 0.6) is 0 Å². The van der Waals surface area contributed by atoms with E-state index in [-0.39, 0.29) is 30.6 Å². The van der Waals surface area contributed by atoms with E-state index in [1.165, 1.54) is 0 Å². The van der Waals surface area contributed by atoms with E-state index < -0.39 is 11.7 Å². The highest BCUT2D eigenvalue weighted by atomic mass is 19.3. The highest BCUT2D eigenvalue weighted by Crippen LogP contribution is 2.31. The molecule has 3 aliphatic rings. The molecule has 3 saturated heterocycles. The van der Waals surface area contributed by atoms with Crippen LogP contribution >= 0.6 is 0 Å². The molecule has 3 rings (SSSR count). The van der Waals surface area contributed by atoms with Crippen LogP contribution < -0.4 is 0 Å². The Balaban J connectivity index is 1.91. The minimum atomic E-state index is -3.27. The molecule has 0 aromatic carbocycles. The average molecular weight is 245 g/mol. The second-order valence-electron chi connectivity index (χ2n) is 5.08. The number of nitrogens with zero attached hydrogens (tertiary/aromatic N) is 1. The van der Waals surface area contributed by atoms with E-state index in [4.69, 9.17) is 0 Å². The normalized spacial score (nSPS) is 32.9. The molecule has 0 aromatic rings. The van der Waals surface area contributed by atoms with Crippen molar-refractivity contribution >= 4 is 11.6 Å². The van der Waals surface area contributed by atoms with Crippen LogP contribution in [0.25, 0.3) is 0 Å². The second-order valence-corrected chi connectivity index (χ2v) is 5.08. The molecule has 0 aliphatic carbocycles. The third-order valence-corrected chi connectivity index (χ3v) is 3.84. The maximum absolute atomic E-state index is 12.7. The topological polar surface area (TPSA) is 37.4 Å². The van der Waals surface area contributed by atoms with Crippen LogP contribution in [-0.4, -0.2) is 41.5 Å². The first-order chi connectivity index (χ1) is 7.89. The Morgan fingerprint density at radius 3 is 2.47 bits per heavy atom. The van der Waals surface area contributed by atoms with Gasteiger partial charge in [0.2, 0.25) is 5.78 Å². The van der Waals surface area contributed by atoms with Crippen LogP contribution in [0.15, 0.2) is 0 Å². The summed E-state index contributed by atoms with van der Waals surface area (Å²) in [6.07, 6.45) is 1.81. The zero-order valence-electron chi connectivity index (χ0n) is 9.92. The number of rotatable bonds is 4. The average Bonchev–Trinajstić information content (AvgIpc) is 2.27. The number of ketones is 2. The zero-order valence-corrected chi connectivity index (χ0v) is 9.92. The minimum Gasteiger partial charge on any atom is -0.298 e. The van der Waals surface area contributed by atoms with E-state index in [9.17, 15) is 18.4 Å². The van der Waals surface area contributed by atoms with Gasteiger partial charge in [0.15, 0.2) is 5.78 Å². The molecule has 0 amide bonds. The first-order valence-electron chi connectivity index (χ1n) is 6.08. The van der Waals surface area contributed by atoms with Gasteiger partial charge in [-0.05, 0) is 32.4 Å². The summed E-state index contributed by atoms with van der Waals surface area (Å²) in [5.41, 5.74) is 0. The molecular formula is C12H17F2NO2. The van der Waals surface area contributed by atoms with Crippen LogP contribution in [0.2, 0.25) is 0 Å². The predicted octanol–water partition coefficient (Wildman–Crippen LogP) is 1.65. The van der Waals surface area contributed by atoms with Crippen LogP contribution in [0.3, 0.4) is 0 Å². The fourth-order valence-corrected chi connectivity index (χ4v) is 2.76. The Morgan fingerprint density at radius 2 is 2.00 bits per heavy atom. The smallest absolute Gasteiger partial charge is 0.298 e. The molecule has 2 bridgehead atoms. The lowest BCUT2D eigenvalue weighted by Crippen LogP contribution is -2.55. The maximum Gasteiger partial charge on any atom is 0.302 e. The van der Waals surface area contributed by atoms with E-state index >= 15 is 0 Å². The highest BCUT2D eigenvalue weighted by molar-refractivity contribution is 5.89. The molecular weight excluding hydrogens is 228 g/mol. The van der Waals surface area contributed by atoms with Gasteiger partial charge in [-0.15, -0.1) is 0 Å². The lowest BCUT2D eigenvalue weighted by Gasteiger charge is -2.44. The van der Waals surface area contributed by atoms with Crippen molar-refractivity contribution in [3.05, 3.63) is 0 Å². The van der Waals surface area contributed by atoms with Crippen molar-refractivity contribution in [3.63, 3.8) is 0 Å². The quantitative estimate of drug-likeness (QED) is 0.755. The number of halogens is 2. The summed E-state index contributed by atoms with van der Waals surface area (Å²) in [5, 5.41) is 0. The molecule has 96 valence electrons. The van der Waals surface area contributed by atoms with Gasteiger partial charge in [-0.1, -0.05) is 0 Å². The van der Waals surface area contributed by atoms with Crippen LogP contribution in [0.1, 0.15) is 32.6 Å². The van der Waals surface area contributed by atoms with Gasteiger partial charge >= 0.3 is 5.92 Å². The van der Waals surface area contributed by atoms with Crippen molar-refractivity contribution in [2.45, 2.75) is 44.6 Å². The standard InChI is InChI=1S/C12H17F2NO2/c1-12(13,14)10(16)3-2-9-11(17)8-4-6-15(9)7-5-8/h8-9H,2-7H2,1H3. The number of alkyl halides is 2. The Morgan fingerprint density at radius 1 is 1.41 bits per heavy atom. The summed E-state index contributed by atoms with van der Waals surface area (Å²) < 4.78 is 25.4. The van der Waals surface area contributed by atoms with Crippen molar-refractivity contribution in [1.29, 1.82) is 0 Å². The Bertz CT molecular complexity index is 330. The lowest BCUT2D eigenvalue weighted by molar-refractivity contribution is -0.143. The van der Waals surface area contributed by atoms with E-state index in [0.717, 1.165) is 25.9 Å². The number of Topliss-reactive ketones (excluding diaryl/α,β-unsaturated/α-hetero) is 2. The van der Waals surface area contributed by atoms with Gasteiger partial charge in [-0.2, -0.15) is 8.78 Å². The molecule has 1 unspecified atom stereocenters. The number of hydrogen-bond donors (Lipinski definition) is 0. The van der Waals surface area contributed by atoms with Gasteiger partial charge in [0.25, 0.3) is 0 Å². The maximum atomic E-state index is 12.7. The molecule has 0 aromatic heterocycles. The number of fused-ring (bicyclic) bond motifs is 3. The fraction of sp³-hybridized carbons (Fsp3) is 0.833. The van der Waals surface area contributed by atoms with Crippen molar-refractivity contribution in [3.8, 4) is 0 Å². The third kappa shape index (κ3) is 2.54. The van der Waals surface area contributed by atoms with Gasteiger partial charge in [0, 0.05) is 19.3 Å². The van der Waals surface area contributed by atoms with Crippen molar-refractivity contribution < 1.29 is 18.4 Å². The van der Waals surface area contributed by atoms with Gasteiger partial charge < -0.3 is 0 Å². The Kier molecular flexibility index (Phi) is 3.30. The molecule has 5 heteroatoms. The zero-order chi connectivity index (χ0) is 12.6. The molecule has 0 radical (unpaired) electrons. The van der Waals surface area contributed by atoms with Crippen LogP contribution in [-0.2, 0) is 9.59 Å². The number of carbonyl (C=O) groups is 2. The minimum absolute atomic E-state index is 0.0993. The lowest BCUT2D eigenvalue weighted by atomic mass is 9.80. The summed E-state index contributed by atoms with van der Waals surface area (Å²) in [7, 11) is 0. The van der Waals surface area contributed by atoms with Gasteiger partial charge in [0.1, 0.15) is 0 Å². The van der Waals surface area contributed by atoms with Gasteiger partial charge in [-0.25, -0.2) is 0 Å². The largest absolute Gasteiger partial charge is 0.302 e. The molecule has 0 N–H and O–H groups in total. The van der Waals surface area contributed by atoms with Gasteiger partial charge in [-0.3, -0.25) is 14.5 Å². The first kappa shape index (κ1) is 12.6. The summed E-state index contributed by atoms with van der Waals surface area (Å²) >= 11 is 0. The summed E-state index contributed by atoms with van der Waals surface area (Å²) in [5.74, 6) is -4.09. The number of carbonyl (C=O) groups excluding carboxylic acids is 2. The van der Waals surface area contributed by atoms with Crippen LogP contribution in [0.4, 0.5) is 8.78 Å². The molecule has 1 atom stereocenters. The fourth-order valence-electron chi connectivity index (χ4n) is 2.76. The van der Waals surface area contributed by atoms with Crippen molar-refractivity contribution in [1.82, 2.24) is 4.90 Å². The molecule has 3 fully saturated rings. The molecule has 0 spiro atoms. The Hall–Kier alpha value is -0.840. The molecule has 3 aliphatic heterocycles.